The molecule has 0 saturated heterocycles. The van der Waals surface area contributed by atoms with Crippen molar-refractivity contribution in [3.05, 3.63) is 56.7 Å². The van der Waals surface area contributed by atoms with Crippen LogP contribution < -0.4 is 5.32 Å². The van der Waals surface area contributed by atoms with Crippen LogP contribution in [-0.4, -0.2) is 23.8 Å². The van der Waals surface area contributed by atoms with Crippen LogP contribution in [0.25, 0.3) is 0 Å². The van der Waals surface area contributed by atoms with Crippen molar-refractivity contribution in [2.24, 2.45) is 0 Å². The van der Waals surface area contributed by atoms with Gasteiger partial charge in [-0.25, -0.2) is 4.79 Å². The standard InChI is InChI=1S/C17H16ClNO4S/c1-10(20)14-7-8-15(24-14)17(22)23-11(2)16(21)19-9-12-3-5-13(18)6-4-12/h3-8,11H,9H2,1-2H3,(H,19,21)/t11-/m0/s1. The van der Waals surface area contributed by atoms with E-state index in [9.17, 15) is 14.4 Å². The molecule has 1 heterocycles. The number of carbonyl (C=O) groups excluding carboxylic acids is 3. The number of amides is 1. The van der Waals surface area contributed by atoms with E-state index in [-0.39, 0.29) is 10.7 Å². The fourth-order valence-corrected chi connectivity index (χ4v) is 2.75. The fourth-order valence-electron chi connectivity index (χ4n) is 1.84. The van der Waals surface area contributed by atoms with Crippen molar-refractivity contribution < 1.29 is 19.1 Å². The van der Waals surface area contributed by atoms with Gasteiger partial charge >= 0.3 is 5.97 Å². The maximum Gasteiger partial charge on any atom is 0.349 e. The molecule has 0 spiro atoms. The maximum atomic E-state index is 12.0. The van der Waals surface area contributed by atoms with E-state index in [0.29, 0.717) is 16.4 Å². The van der Waals surface area contributed by atoms with Gasteiger partial charge in [0.2, 0.25) is 0 Å². The van der Waals surface area contributed by atoms with E-state index >= 15 is 0 Å². The quantitative estimate of drug-likeness (QED) is 0.628. The predicted octanol–water partition coefficient (Wildman–Crippen LogP) is 3.47. The summed E-state index contributed by atoms with van der Waals surface area (Å²) in [5.41, 5.74) is 0.885. The number of thiophene rings is 1. The highest BCUT2D eigenvalue weighted by atomic mass is 35.5. The van der Waals surface area contributed by atoms with E-state index in [1.165, 1.54) is 19.9 Å². The summed E-state index contributed by atoms with van der Waals surface area (Å²) in [5, 5.41) is 3.31. The van der Waals surface area contributed by atoms with Crippen LogP contribution in [0.3, 0.4) is 0 Å². The molecule has 0 bridgehead atoms. The number of rotatable bonds is 6. The van der Waals surface area contributed by atoms with Crippen molar-refractivity contribution in [2.75, 3.05) is 0 Å². The molecule has 0 aliphatic heterocycles. The van der Waals surface area contributed by atoms with Gasteiger partial charge in [-0.15, -0.1) is 11.3 Å². The van der Waals surface area contributed by atoms with E-state index in [0.717, 1.165) is 16.9 Å². The first-order chi connectivity index (χ1) is 11.4. The summed E-state index contributed by atoms with van der Waals surface area (Å²) in [4.78, 5) is 36.0. The number of ether oxygens (including phenoxy) is 1. The summed E-state index contributed by atoms with van der Waals surface area (Å²) in [6, 6.07) is 10.1. The Labute approximate surface area is 148 Å². The zero-order valence-electron chi connectivity index (χ0n) is 13.2. The Hall–Kier alpha value is -2.18. The number of ketones is 1. The summed E-state index contributed by atoms with van der Waals surface area (Å²) in [7, 11) is 0. The van der Waals surface area contributed by atoms with Crippen LogP contribution in [0.4, 0.5) is 0 Å². The largest absolute Gasteiger partial charge is 0.448 e. The summed E-state index contributed by atoms with van der Waals surface area (Å²) in [6.07, 6.45) is -0.937. The third-order valence-corrected chi connectivity index (χ3v) is 4.61. The van der Waals surface area contributed by atoms with E-state index < -0.39 is 18.0 Å². The molecule has 7 heteroatoms. The Morgan fingerprint density at radius 3 is 2.33 bits per heavy atom. The molecule has 2 aromatic rings. The molecule has 5 nitrogen and oxygen atoms in total. The number of benzene rings is 1. The minimum atomic E-state index is -0.937. The van der Waals surface area contributed by atoms with Gasteiger partial charge in [0.15, 0.2) is 11.9 Å². The summed E-state index contributed by atoms with van der Waals surface area (Å²) in [5.74, 6) is -1.14. The normalized spacial score (nSPS) is 11.6. The first-order valence-corrected chi connectivity index (χ1v) is 8.40. The summed E-state index contributed by atoms with van der Waals surface area (Å²) in [6.45, 7) is 3.23. The highest BCUT2D eigenvalue weighted by Crippen LogP contribution is 2.18. The minimum Gasteiger partial charge on any atom is -0.448 e. The third kappa shape index (κ3) is 4.91. The van der Waals surface area contributed by atoms with Crippen LogP contribution in [-0.2, 0) is 16.1 Å². The highest BCUT2D eigenvalue weighted by Gasteiger charge is 2.20. The average Bonchev–Trinajstić information content (AvgIpc) is 3.04. The number of nitrogens with one attached hydrogen (secondary N) is 1. The monoisotopic (exact) mass is 365 g/mol. The molecule has 1 N–H and O–H groups in total. The molecule has 0 aliphatic carbocycles. The van der Waals surface area contributed by atoms with Gasteiger partial charge in [0.1, 0.15) is 4.88 Å². The zero-order valence-corrected chi connectivity index (χ0v) is 14.7. The third-order valence-electron chi connectivity index (χ3n) is 3.19. The van der Waals surface area contributed by atoms with E-state index in [1.807, 2.05) is 0 Å². The maximum absolute atomic E-state index is 12.0. The van der Waals surface area contributed by atoms with Gasteiger partial charge in [0.25, 0.3) is 5.91 Å². The molecule has 0 fully saturated rings. The van der Waals surface area contributed by atoms with Crippen LogP contribution in [0.2, 0.25) is 5.02 Å². The minimum absolute atomic E-state index is 0.118. The number of Topliss-reactive ketones (excluding diaryl/α,β-unsaturated/α-hetero) is 1. The Kier molecular flexibility index (Phi) is 6.11. The first kappa shape index (κ1) is 18.2. The summed E-state index contributed by atoms with van der Waals surface area (Å²) < 4.78 is 5.13. The lowest BCUT2D eigenvalue weighted by molar-refractivity contribution is -0.129. The van der Waals surface area contributed by atoms with Crippen LogP contribution in [0.5, 0.6) is 0 Å². The topological polar surface area (TPSA) is 72.5 Å². The first-order valence-electron chi connectivity index (χ1n) is 7.20. The molecule has 2 rings (SSSR count). The number of esters is 1. The Bertz CT molecular complexity index is 754. The molecule has 1 aromatic carbocycles. The van der Waals surface area contributed by atoms with Crippen molar-refractivity contribution in [2.45, 2.75) is 26.5 Å². The SMILES string of the molecule is CC(=O)c1ccc(C(=O)O[C@@H](C)C(=O)NCc2ccc(Cl)cc2)s1. The molecule has 1 amide bonds. The number of hydrogen-bond acceptors (Lipinski definition) is 5. The van der Waals surface area contributed by atoms with Gasteiger partial charge in [-0.05, 0) is 43.7 Å². The average molecular weight is 366 g/mol. The molecule has 0 radical (unpaired) electrons. The van der Waals surface area contributed by atoms with Gasteiger partial charge < -0.3 is 10.1 Å². The molecule has 0 unspecified atom stereocenters. The molecular weight excluding hydrogens is 350 g/mol. The number of halogens is 1. The van der Waals surface area contributed by atoms with Gasteiger partial charge in [-0.3, -0.25) is 9.59 Å². The molecule has 24 heavy (non-hydrogen) atoms. The molecule has 0 aliphatic rings. The fraction of sp³-hybridized carbons (Fsp3) is 0.235. The summed E-state index contributed by atoms with van der Waals surface area (Å²) >= 11 is 6.84. The van der Waals surface area contributed by atoms with Crippen molar-refractivity contribution in [3.63, 3.8) is 0 Å². The number of hydrogen-bond donors (Lipinski definition) is 1. The van der Waals surface area contributed by atoms with Crippen molar-refractivity contribution in [1.82, 2.24) is 5.32 Å². The van der Waals surface area contributed by atoms with E-state index in [4.69, 9.17) is 16.3 Å². The Balaban J connectivity index is 1.87. The van der Waals surface area contributed by atoms with E-state index in [2.05, 4.69) is 5.32 Å². The zero-order chi connectivity index (χ0) is 17.7. The van der Waals surface area contributed by atoms with Crippen molar-refractivity contribution in [3.8, 4) is 0 Å². The molecule has 126 valence electrons. The second kappa shape index (κ2) is 8.08. The molecular formula is C17H16ClNO4S. The predicted molar refractivity (Wildman–Crippen MR) is 92.5 cm³/mol. The molecule has 1 atom stereocenters. The lowest BCUT2D eigenvalue weighted by Crippen LogP contribution is -2.35. The second-order valence-corrected chi connectivity index (χ2v) is 6.63. The van der Waals surface area contributed by atoms with Gasteiger partial charge in [-0.1, -0.05) is 23.7 Å². The van der Waals surface area contributed by atoms with Crippen molar-refractivity contribution >= 4 is 40.6 Å². The number of carbonyl (C=O) groups is 3. The molecule has 1 aromatic heterocycles. The van der Waals surface area contributed by atoms with Gasteiger partial charge in [0.05, 0.1) is 4.88 Å². The van der Waals surface area contributed by atoms with Gasteiger partial charge in [0, 0.05) is 11.6 Å². The van der Waals surface area contributed by atoms with Crippen LogP contribution >= 0.6 is 22.9 Å². The molecule has 0 saturated carbocycles. The van der Waals surface area contributed by atoms with E-state index in [1.54, 1.807) is 30.3 Å². The highest BCUT2D eigenvalue weighted by molar-refractivity contribution is 7.15. The Morgan fingerprint density at radius 2 is 1.75 bits per heavy atom. The van der Waals surface area contributed by atoms with Gasteiger partial charge in [-0.2, -0.15) is 0 Å². The lowest BCUT2D eigenvalue weighted by Gasteiger charge is -2.13. The lowest BCUT2D eigenvalue weighted by atomic mass is 10.2. The van der Waals surface area contributed by atoms with Crippen LogP contribution in [0.15, 0.2) is 36.4 Å². The van der Waals surface area contributed by atoms with Crippen LogP contribution in [0, 0.1) is 0 Å². The van der Waals surface area contributed by atoms with Crippen molar-refractivity contribution in [1.29, 1.82) is 0 Å². The smallest absolute Gasteiger partial charge is 0.349 e. The Morgan fingerprint density at radius 1 is 1.12 bits per heavy atom. The second-order valence-electron chi connectivity index (χ2n) is 5.11. The van der Waals surface area contributed by atoms with Crippen LogP contribution in [0.1, 0.15) is 38.8 Å².